The molecule has 2 heterocycles. The Labute approximate surface area is 123 Å². The highest BCUT2D eigenvalue weighted by Crippen LogP contribution is 2.17. The number of pyridine rings is 1. The fourth-order valence-electron chi connectivity index (χ4n) is 1.85. The number of amides is 1. The summed E-state index contributed by atoms with van der Waals surface area (Å²) in [6.45, 7) is 6.26. The molecule has 0 radical (unpaired) electrons. The zero-order valence-electron chi connectivity index (χ0n) is 12.4. The van der Waals surface area contributed by atoms with Crippen molar-refractivity contribution in [1.82, 2.24) is 10.3 Å². The standard InChI is InChI=1S/C15H19N3O3/c1-15(2,3)21-13(20)5-4-10-6-11-8-16-9-12(19)18-14(11)17-7-10/h4-7,16H,8-9H2,1-3H3,(H,17,18,19)/b5-4+. The molecule has 0 unspecified atom stereocenters. The van der Waals surface area contributed by atoms with Crippen LogP contribution in [0.4, 0.5) is 5.82 Å². The Morgan fingerprint density at radius 1 is 1.38 bits per heavy atom. The Morgan fingerprint density at radius 3 is 2.86 bits per heavy atom. The first-order valence-corrected chi connectivity index (χ1v) is 6.74. The number of esters is 1. The minimum atomic E-state index is -0.512. The van der Waals surface area contributed by atoms with Crippen molar-refractivity contribution in [2.45, 2.75) is 32.9 Å². The van der Waals surface area contributed by atoms with Gasteiger partial charge in [-0.2, -0.15) is 0 Å². The Morgan fingerprint density at radius 2 is 2.14 bits per heavy atom. The maximum atomic E-state index is 11.6. The van der Waals surface area contributed by atoms with Crippen LogP contribution in [0.2, 0.25) is 0 Å². The molecule has 0 aliphatic carbocycles. The lowest BCUT2D eigenvalue weighted by Crippen LogP contribution is -2.23. The average Bonchev–Trinajstić information content (AvgIpc) is 2.54. The van der Waals surface area contributed by atoms with Crippen LogP contribution in [-0.2, 0) is 20.9 Å². The molecule has 1 aromatic heterocycles. The summed E-state index contributed by atoms with van der Waals surface area (Å²) in [5, 5.41) is 5.73. The molecule has 6 heteroatoms. The number of rotatable bonds is 2. The normalized spacial score (nSPS) is 15.3. The molecule has 1 aliphatic rings. The van der Waals surface area contributed by atoms with Crippen molar-refractivity contribution in [3.63, 3.8) is 0 Å². The number of nitrogens with zero attached hydrogens (tertiary/aromatic N) is 1. The van der Waals surface area contributed by atoms with Gasteiger partial charge >= 0.3 is 5.97 Å². The van der Waals surface area contributed by atoms with Crippen molar-refractivity contribution in [2.24, 2.45) is 0 Å². The minimum Gasteiger partial charge on any atom is -0.457 e. The largest absolute Gasteiger partial charge is 0.457 e. The monoisotopic (exact) mass is 289 g/mol. The van der Waals surface area contributed by atoms with E-state index in [1.165, 1.54) is 6.08 Å². The number of anilines is 1. The van der Waals surface area contributed by atoms with Crippen LogP contribution >= 0.6 is 0 Å². The van der Waals surface area contributed by atoms with Gasteiger partial charge < -0.3 is 15.4 Å². The third kappa shape index (κ3) is 4.68. The topological polar surface area (TPSA) is 80.3 Å². The van der Waals surface area contributed by atoms with Crippen LogP contribution in [0.5, 0.6) is 0 Å². The van der Waals surface area contributed by atoms with Gasteiger partial charge in [-0.1, -0.05) is 0 Å². The lowest BCUT2D eigenvalue weighted by molar-refractivity contribution is -0.148. The number of hydrogen-bond donors (Lipinski definition) is 2. The summed E-state index contributed by atoms with van der Waals surface area (Å²) in [5.41, 5.74) is 1.14. The first-order valence-electron chi connectivity index (χ1n) is 6.74. The molecular weight excluding hydrogens is 270 g/mol. The molecule has 112 valence electrons. The predicted molar refractivity (Wildman–Crippen MR) is 79.5 cm³/mol. The lowest BCUT2D eigenvalue weighted by Gasteiger charge is -2.17. The molecule has 0 fully saturated rings. The van der Waals surface area contributed by atoms with Gasteiger partial charge in [-0.3, -0.25) is 4.79 Å². The molecule has 0 bridgehead atoms. The Kier molecular flexibility index (Phi) is 4.37. The van der Waals surface area contributed by atoms with Crippen LogP contribution in [0.15, 0.2) is 18.3 Å². The van der Waals surface area contributed by atoms with Gasteiger partial charge in [0.15, 0.2) is 0 Å². The molecule has 0 aromatic carbocycles. The number of hydrogen-bond acceptors (Lipinski definition) is 5. The molecular formula is C15H19N3O3. The van der Waals surface area contributed by atoms with E-state index in [-0.39, 0.29) is 12.5 Å². The number of carbonyl (C=O) groups is 2. The summed E-state index contributed by atoms with van der Waals surface area (Å²) in [6.07, 6.45) is 4.62. The summed E-state index contributed by atoms with van der Waals surface area (Å²) < 4.78 is 5.19. The second-order valence-corrected chi connectivity index (χ2v) is 5.79. The van der Waals surface area contributed by atoms with Crippen molar-refractivity contribution in [1.29, 1.82) is 0 Å². The van der Waals surface area contributed by atoms with Crippen molar-refractivity contribution < 1.29 is 14.3 Å². The Hall–Kier alpha value is -2.21. The smallest absolute Gasteiger partial charge is 0.331 e. The van der Waals surface area contributed by atoms with E-state index in [0.717, 1.165) is 11.1 Å². The number of aromatic nitrogens is 1. The third-order valence-corrected chi connectivity index (χ3v) is 2.67. The maximum absolute atomic E-state index is 11.6. The second-order valence-electron chi connectivity index (χ2n) is 5.79. The first kappa shape index (κ1) is 15.2. The summed E-state index contributed by atoms with van der Waals surface area (Å²) in [7, 11) is 0. The van der Waals surface area contributed by atoms with Crippen LogP contribution in [0.1, 0.15) is 31.9 Å². The van der Waals surface area contributed by atoms with E-state index in [1.54, 1.807) is 12.3 Å². The number of nitrogens with one attached hydrogen (secondary N) is 2. The fraction of sp³-hybridized carbons (Fsp3) is 0.400. The van der Waals surface area contributed by atoms with Crippen molar-refractivity contribution in [3.05, 3.63) is 29.5 Å². The van der Waals surface area contributed by atoms with Crippen molar-refractivity contribution >= 4 is 23.8 Å². The van der Waals surface area contributed by atoms with Crippen molar-refractivity contribution in [2.75, 3.05) is 11.9 Å². The highest BCUT2D eigenvalue weighted by molar-refractivity contribution is 5.93. The van der Waals surface area contributed by atoms with E-state index in [1.807, 2.05) is 26.8 Å². The molecule has 0 saturated carbocycles. The van der Waals surface area contributed by atoms with Gasteiger partial charge in [-0.05, 0) is 38.5 Å². The summed E-state index contributed by atoms with van der Waals surface area (Å²) in [4.78, 5) is 27.2. The molecule has 2 rings (SSSR count). The molecule has 6 nitrogen and oxygen atoms in total. The van der Waals surface area contributed by atoms with Gasteiger partial charge in [-0.15, -0.1) is 0 Å². The zero-order valence-corrected chi connectivity index (χ0v) is 12.4. The van der Waals surface area contributed by atoms with Gasteiger partial charge in [-0.25, -0.2) is 9.78 Å². The lowest BCUT2D eigenvalue weighted by atomic mass is 10.1. The first-order chi connectivity index (χ1) is 9.83. The maximum Gasteiger partial charge on any atom is 0.331 e. The van der Waals surface area contributed by atoms with Crippen LogP contribution < -0.4 is 10.6 Å². The fourth-order valence-corrected chi connectivity index (χ4v) is 1.85. The zero-order chi connectivity index (χ0) is 15.5. The van der Waals surface area contributed by atoms with Crippen LogP contribution in [0, 0.1) is 0 Å². The van der Waals surface area contributed by atoms with Gasteiger partial charge in [0.05, 0.1) is 6.54 Å². The van der Waals surface area contributed by atoms with Crippen LogP contribution in [0.25, 0.3) is 6.08 Å². The number of ether oxygens (including phenoxy) is 1. The molecule has 1 aliphatic heterocycles. The van der Waals surface area contributed by atoms with Crippen LogP contribution in [-0.4, -0.2) is 29.0 Å². The average molecular weight is 289 g/mol. The molecule has 0 spiro atoms. The molecule has 21 heavy (non-hydrogen) atoms. The third-order valence-electron chi connectivity index (χ3n) is 2.67. The van der Waals surface area contributed by atoms with E-state index in [0.29, 0.717) is 12.4 Å². The van der Waals surface area contributed by atoms with E-state index in [2.05, 4.69) is 15.6 Å². The van der Waals surface area contributed by atoms with Crippen LogP contribution in [0.3, 0.4) is 0 Å². The molecule has 1 amide bonds. The van der Waals surface area contributed by atoms with Crippen molar-refractivity contribution in [3.8, 4) is 0 Å². The predicted octanol–water partition coefficient (Wildman–Crippen LogP) is 1.48. The summed E-state index contributed by atoms with van der Waals surface area (Å²) in [6, 6.07) is 1.88. The molecule has 2 N–H and O–H groups in total. The highest BCUT2D eigenvalue weighted by atomic mass is 16.6. The summed E-state index contributed by atoms with van der Waals surface area (Å²) in [5.74, 6) is 0.0431. The Bertz CT molecular complexity index is 588. The Balaban J connectivity index is 2.10. The summed E-state index contributed by atoms with van der Waals surface area (Å²) >= 11 is 0. The van der Waals surface area contributed by atoms with Gasteiger partial charge in [0.2, 0.25) is 5.91 Å². The highest BCUT2D eigenvalue weighted by Gasteiger charge is 2.15. The quantitative estimate of drug-likeness (QED) is 0.636. The molecule has 0 saturated heterocycles. The number of carbonyl (C=O) groups excluding carboxylic acids is 2. The molecule has 1 aromatic rings. The molecule has 0 atom stereocenters. The van der Waals surface area contributed by atoms with E-state index < -0.39 is 11.6 Å². The minimum absolute atomic E-state index is 0.113. The van der Waals surface area contributed by atoms with Gasteiger partial charge in [0, 0.05) is 24.4 Å². The number of fused-ring (bicyclic) bond motifs is 1. The van der Waals surface area contributed by atoms with E-state index in [4.69, 9.17) is 4.74 Å². The SMILES string of the molecule is CC(C)(C)OC(=O)/C=C/c1cnc2c(c1)CNCC(=O)N2. The van der Waals surface area contributed by atoms with E-state index >= 15 is 0 Å². The van der Waals surface area contributed by atoms with E-state index in [9.17, 15) is 9.59 Å². The second kappa shape index (κ2) is 6.05. The van der Waals surface area contributed by atoms with Gasteiger partial charge in [0.1, 0.15) is 11.4 Å². The van der Waals surface area contributed by atoms with Gasteiger partial charge in [0.25, 0.3) is 0 Å².